The second kappa shape index (κ2) is 7.20. The van der Waals surface area contributed by atoms with E-state index in [0.717, 1.165) is 25.7 Å². The first-order chi connectivity index (χ1) is 8.47. The second-order valence-corrected chi connectivity index (χ2v) is 5.43. The zero-order chi connectivity index (χ0) is 13.5. The van der Waals surface area contributed by atoms with E-state index in [-0.39, 0.29) is 0 Å². The van der Waals surface area contributed by atoms with Crippen LogP contribution in [0, 0.1) is 19.8 Å². The van der Waals surface area contributed by atoms with E-state index in [4.69, 9.17) is 5.11 Å². The fraction of sp³-hybridized carbons (Fsp3) is 0.562. The molecule has 2 heteroatoms. The Morgan fingerprint density at radius 2 is 1.78 bits per heavy atom. The lowest BCUT2D eigenvalue weighted by molar-refractivity contribution is -0.137. The molecule has 0 saturated heterocycles. The summed E-state index contributed by atoms with van der Waals surface area (Å²) in [5.41, 5.74) is 4.05. The number of carbonyl (C=O) groups is 1. The average Bonchev–Trinajstić information content (AvgIpc) is 2.24. The molecule has 0 aliphatic rings. The monoisotopic (exact) mass is 248 g/mol. The van der Waals surface area contributed by atoms with Crippen LogP contribution in [0.15, 0.2) is 18.2 Å². The standard InChI is InChI=1S/C16H24O2/c1-12(5-4-6-16(17)18)7-8-15-10-13(2)9-14(3)11-15/h9-12H,4-8H2,1-3H3,(H,17,18). The van der Waals surface area contributed by atoms with Gasteiger partial charge in [-0.1, -0.05) is 42.7 Å². The summed E-state index contributed by atoms with van der Waals surface area (Å²) in [4.78, 5) is 10.4. The number of carboxylic acids is 1. The van der Waals surface area contributed by atoms with Crippen LogP contribution in [0.4, 0.5) is 0 Å². The Bertz CT molecular complexity index is 376. The van der Waals surface area contributed by atoms with E-state index in [1.165, 1.54) is 16.7 Å². The first-order valence-corrected chi connectivity index (χ1v) is 6.76. The Labute approximate surface area is 110 Å². The molecule has 1 N–H and O–H groups in total. The number of aryl methyl sites for hydroxylation is 3. The van der Waals surface area contributed by atoms with Crippen molar-refractivity contribution >= 4 is 5.97 Å². The van der Waals surface area contributed by atoms with Crippen molar-refractivity contribution in [3.05, 3.63) is 34.9 Å². The first kappa shape index (κ1) is 14.7. The Hall–Kier alpha value is -1.31. The van der Waals surface area contributed by atoms with E-state index in [0.29, 0.717) is 12.3 Å². The Kier molecular flexibility index (Phi) is 5.90. The van der Waals surface area contributed by atoms with Gasteiger partial charge in [0.25, 0.3) is 0 Å². The molecular formula is C16H24O2. The molecule has 1 aromatic carbocycles. The zero-order valence-corrected chi connectivity index (χ0v) is 11.7. The molecule has 0 aliphatic carbocycles. The maximum absolute atomic E-state index is 10.4. The van der Waals surface area contributed by atoms with Crippen molar-refractivity contribution < 1.29 is 9.90 Å². The summed E-state index contributed by atoms with van der Waals surface area (Å²) in [5, 5.41) is 8.60. The second-order valence-electron chi connectivity index (χ2n) is 5.43. The molecule has 0 saturated carbocycles. The minimum atomic E-state index is -0.684. The summed E-state index contributed by atoms with van der Waals surface area (Å²) in [7, 11) is 0. The fourth-order valence-electron chi connectivity index (χ4n) is 2.37. The average molecular weight is 248 g/mol. The molecule has 1 aromatic rings. The highest BCUT2D eigenvalue weighted by atomic mass is 16.4. The molecule has 0 spiro atoms. The van der Waals surface area contributed by atoms with Gasteiger partial charge in [-0.25, -0.2) is 0 Å². The number of carboxylic acid groups (broad SMARTS) is 1. The number of aliphatic carboxylic acids is 1. The lowest BCUT2D eigenvalue weighted by Crippen LogP contribution is -2.01. The summed E-state index contributed by atoms with van der Waals surface area (Å²) < 4.78 is 0. The van der Waals surface area contributed by atoms with Crippen LogP contribution < -0.4 is 0 Å². The maximum Gasteiger partial charge on any atom is 0.303 e. The first-order valence-electron chi connectivity index (χ1n) is 6.76. The number of benzene rings is 1. The number of hydrogen-bond donors (Lipinski definition) is 1. The van der Waals surface area contributed by atoms with Crippen molar-refractivity contribution in [3.8, 4) is 0 Å². The Morgan fingerprint density at radius 3 is 2.33 bits per heavy atom. The van der Waals surface area contributed by atoms with Crippen LogP contribution in [-0.2, 0) is 11.2 Å². The van der Waals surface area contributed by atoms with Crippen LogP contribution in [-0.4, -0.2) is 11.1 Å². The van der Waals surface area contributed by atoms with Crippen molar-refractivity contribution in [2.75, 3.05) is 0 Å². The van der Waals surface area contributed by atoms with E-state index >= 15 is 0 Å². The highest BCUT2D eigenvalue weighted by molar-refractivity contribution is 5.66. The SMILES string of the molecule is Cc1cc(C)cc(CCC(C)CCCC(=O)O)c1. The van der Waals surface area contributed by atoms with Crippen molar-refractivity contribution in [2.45, 2.75) is 52.9 Å². The maximum atomic E-state index is 10.4. The van der Waals surface area contributed by atoms with Crippen LogP contribution >= 0.6 is 0 Å². The molecule has 0 aromatic heterocycles. The van der Waals surface area contributed by atoms with E-state index in [1.54, 1.807) is 0 Å². The third-order valence-electron chi connectivity index (χ3n) is 3.29. The Morgan fingerprint density at radius 1 is 1.17 bits per heavy atom. The van der Waals surface area contributed by atoms with Gasteiger partial charge in [-0.05, 0) is 44.6 Å². The summed E-state index contributed by atoms with van der Waals surface area (Å²) >= 11 is 0. The minimum Gasteiger partial charge on any atom is -0.481 e. The minimum absolute atomic E-state index is 0.299. The van der Waals surface area contributed by atoms with Crippen LogP contribution in [0.1, 0.15) is 49.3 Å². The Balaban J connectivity index is 2.33. The van der Waals surface area contributed by atoms with E-state index in [1.807, 2.05) is 0 Å². The van der Waals surface area contributed by atoms with Gasteiger partial charge in [0.05, 0.1) is 0 Å². The van der Waals surface area contributed by atoms with Crippen molar-refractivity contribution in [1.82, 2.24) is 0 Å². The molecule has 2 nitrogen and oxygen atoms in total. The van der Waals surface area contributed by atoms with Crippen LogP contribution in [0.5, 0.6) is 0 Å². The molecule has 1 atom stereocenters. The van der Waals surface area contributed by atoms with Gasteiger partial charge >= 0.3 is 5.97 Å². The van der Waals surface area contributed by atoms with Gasteiger partial charge in [-0.2, -0.15) is 0 Å². The van der Waals surface area contributed by atoms with E-state index in [9.17, 15) is 4.79 Å². The molecule has 1 rings (SSSR count). The molecule has 0 fully saturated rings. The lowest BCUT2D eigenvalue weighted by atomic mass is 9.95. The highest BCUT2D eigenvalue weighted by Crippen LogP contribution is 2.17. The molecule has 18 heavy (non-hydrogen) atoms. The van der Waals surface area contributed by atoms with E-state index in [2.05, 4.69) is 39.0 Å². The highest BCUT2D eigenvalue weighted by Gasteiger charge is 2.05. The summed E-state index contributed by atoms with van der Waals surface area (Å²) in [6.07, 6.45) is 4.34. The smallest absolute Gasteiger partial charge is 0.303 e. The van der Waals surface area contributed by atoms with Crippen LogP contribution in [0.2, 0.25) is 0 Å². The largest absolute Gasteiger partial charge is 0.481 e. The van der Waals surface area contributed by atoms with Gasteiger partial charge in [0.2, 0.25) is 0 Å². The van der Waals surface area contributed by atoms with Gasteiger partial charge in [-0.15, -0.1) is 0 Å². The molecule has 0 amide bonds. The summed E-state index contributed by atoms with van der Waals surface area (Å²) in [6, 6.07) is 6.69. The van der Waals surface area contributed by atoms with Gasteiger partial charge in [-0.3, -0.25) is 4.79 Å². The van der Waals surface area contributed by atoms with Crippen molar-refractivity contribution in [1.29, 1.82) is 0 Å². The lowest BCUT2D eigenvalue weighted by Gasteiger charge is -2.11. The summed E-state index contributed by atoms with van der Waals surface area (Å²) in [6.45, 7) is 6.48. The van der Waals surface area contributed by atoms with E-state index < -0.39 is 5.97 Å². The zero-order valence-electron chi connectivity index (χ0n) is 11.7. The van der Waals surface area contributed by atoms with Gasteiger partial charge in [0.1, 0.15) is 0 Å². The molecule has 0 radical (unpaired) electrons. The molecular weight excluding hydrogens is 224 g/mol. The number of rotatable bonds is 7. The van der Waals surface area contributed by atoms with Gasteiger partial charge in [0.15, 0.2) is 0 Å². The molecule has 0 heterocycles. The molecule has 100 valence electrons. The third kappa shape index (κ3) is 5.85. The van der Waals surface area contributed by atoms with Crippen LogP contribution in [0.3, 0.4) is 0 Å². The normalized spacial score (nSPS) is 12.4. The quantitative estimate of drug-likeness (QED) is 0.787. The topological polar surface area (TPSA) is 37.3 Å². The molecule has 0 bridgehead atoms. The molecule has 1 unspecified atom stereocenters. The van der Waals surface area contributed by atoms with Gasteiger partial charge < -0.3 is 5.11 Å². The third-order valence-corrected chi connectivity index (χ3v) is 3.29. The number of hydrogen-bond acceptors (Lipinski definition) is 1. The van der Waals surface area contributed by atoms with Crippen molar-refractivity contribution in [3.63, 3.8) is 0 Å². The predicted octanol–water partition coefficient (Wildman–Crippen LogP) is 4.13. The van der Waals surface area contributed by atoms with Gasteiger partial charge in [0, 0.05) is 6.42 Å². The fourth-order valence-corrected chi connectivity index (χ4v) is 2.37. The predicted molar refractivity (Wildman–Crippen MR) is 74.9 cm³/mol. The molecule has 0 aliphatic heterocycles. The summed E-state index contributed by atoms with van der Waals surface area (Å²) in [5.74, 6) is -0.0818. The van der Waals surface area contributed by atoms with Crippen LogP contribution in [0.25, 0.3) is 0 Å². The van der Waals surface area contributed by atoms with Crippen molar-refractivity contribution in [2.24, 2.45) is 5.92 Å².